The summed E-state index contributed by atoms with van der Waals surface area (Å²) >= 11 is 11.8. The Bertz CT molecular complexity index is 665. The molecular formula is C13H9Cl2FN2O2. The summed E-state index contributed by atoms with van der Waals surface area (Å²) in [6.07, 6.45) is 0. The van der Waals surface area contributed by atoms with Crippen LogP contribution < -0.4 is 5.32 Å². The van der Waals surface area contributed by atoms with E-state index in [2.05, 4.69) is 5.32 Å². The molecule has 0 aliphatic carbocycles. The molecule has 0 fully saturated rings. The molecule has 0 bridgehead atoms. The van der Waals surface area contributed by atoms with Crippen molar-refractivity contribution in [2.24, 2.45) is 0 Å². The van der Waals surface area contributed by atoms with Gasteiger partial charge in [-0.3, -0.25) is 10.1 Å². The van der Waals surface area contributed by atoms with E-state index in [-0.39, 0.29) is 17.9 Å². The molecule has 0 spiro atoms. The molecule has 0 radical (unpaired) electrons. The molecule has 7 heteroatoms. The summed E-state index contributed by atoms with van der Waals surface area (Å²) in [6, 6.07) is 8.30. The molecule has 0 saturated heterocycles. The van der Waals surface area contributed by atoms with E-state index in [1.54, 1.807) is 18.2 Å². The van der Waals surface area contributed by atoms with Crippen LogP contribution in [0.5, 0.6) is 0 Å². The maximum Gasteiger partial charge on any atom is 0.295 e. The summed E-state index contributed by atoms with van der Waals surface area (Å²) in [5, 5.41) is 14.7. The molecule has 0 aliphatic rings. The molecule has 0 saturated carbocycles. The van der Waals surface area contributed by atoms with Gasteiger partial charge >= 0.3 is 0 Å². The molecule has 0 heterocycles. The standard InChI is InChI=1S/C13H9Cl2FN2O2/c14-9-2-1-8(11(15)5-9)7-17-12-4-3-10(16)6-13(12)18(19)20/h1-6,17H,7H2. The third-order valence-corrected chi connectivity index (χ3v) is 3.23. The average molecular weight is 315 g/mol. The minimum absolute atomic E-state index is 0.224. The lowest BCUT2D eigenvalue weighted by molar-refractivity contribution is -0.384. The second-order valence-corrected chi connectivity index (χ2v) is 4.85. The van der Waals surface area contributed by atoms with Crippen LogP contribution in [0.25, 0.3) is 0 Å². The molecule has 2 aromatic carbocycles. The molecule has 4 nitrogen and oxygen atoms in total. The smallest absolute Gasteiger partial charge is 0.295 e. The van der Waals surface area contributed by atoms with E-state index in [1.807, 2.05) is 0 Å². The van der Waals surface area contributed by atoms with E-state index < -0.39 is 10.7 Å². The lowest BCUT2D eigenvalue weighted by Crippen LogP contribution is -2.03. The zero-order valence-electron chi connectivity index (χ0n) is 10.1. The number of hydrogen-bond acceptors (Lipinski definition) is 3. The second-order valence-electron chi connectivity index (χ2n) is 4.01. The first-order valence-corrected chi connectivity index (χ1v) is 6.34. The second kappa shape index (κ2) is 6.07. The van der Waals surface area contributed by atoms with Crippen molar-refractivity contribution in [3.05, 3.63) is 67.9 Å². The fraction of sp³-hybridized carbons (Fsp3) is 0.0769. The first kappa shape index (κ1) is 14.6. The Labute approximate surface area is 124 Å². The molecule has 0 atom stereocenters. The molecule has 2 rings (SSSR count). The normalized spacial score (nSPS) is 10.3. The van der Waals surface area contributed by atoms with Crippen LogP contribution in [0.3, 0.4) is 0 Å². The van der Waals surface area contributed by atoms with Gasteiger partial charge < -0.3 is 5.32 Å². The predicted molar refractivity (Wildman–Crippen MR) is 76.8 cm³/mol. The third-order valence-electron chi connectivity index (χ3n) is 2.64. The Balaban J connectivity index is 2.20. The lowest BCUT2D eigenvalue weighted by Gasteiger charge is -2.09. The van der Waals surface area contributed by atoms with Gasteiger partial charge in [-0.05, 0) is 29.8 Å². The van der Waals surface area contributed by atoms with Gasteiger partial charge in [0.15, 0.2) is 0 Å². The van der Waals surface area contributed by atoms with Gasteiger partial charge in [0.25, 0.3) is 5.69 Å². The third kappa shape index (κ3) is 3.37. The van der Waals surface area contributed by atoms with Gasteiger partial charge in [0.05, 0.1) is 11.0 Å². The van der Waals surface area contributed by atoms with E-state index >= 15 is 0 Å². The highest BCUT2D eigenvalue weighted by Gasteiger charge is 2.14. The first-order chi connectivity index (χ1) is 9.47. The van der Waals surface area contributed by atoms with Crippen molar-refractivity contribution in [2.45, 2.75) is 6.54 Å². The topological polar surface area (TPSA) is 55.2 Å². The summed E-state index contributed by atoms with van der Waals surface area (Å²) < 4.78 is 13.0. The number of nitrogens with zero attached hydrogens (tertiary/aromatic N) is 1. The SMILES string of the molecule is O=[N+]([O-])c1cc(F)ccc1NCc1ccc(Cl)cc1Cl. The van der Waals surface area contributed by atoms with Crippen molar-refractivity contribution in [3.8, 4) is 0 Å². The fourth-order valence-electron chi connectivity index (χ4n) is 1.66. The van der Waals surface area contributed by atoms with Crippen LogP contribution in [-0.2, 0) is 6.54 Å². The number of rotatable bonds is 4. The van der Waals surface area contributed by atoms with Crippen LogP contribution in [0, 0.1) is 15.9 Å². The maximum absolute atomic E-state index is 13.0. The molecule has 20 heavy (non-hydrogen) atoms. The Kier molecular flexibility index (Phi) is 4.42. The maximum atomic E-state index is 13.0. The summed E-state index contributed by atoms with van der Waals surface area (Å²) in [5.74, 6) is -0.660. The monoisotopic (exact) mass is 314 g/mol. The quantitative estimate of drug-likeness (QED) is 0.660. The van der Waals surface area contributed by atoms with Crippen LogP contribution in [0.1, 0.15) is 5.56 Å². The van der Waals surface area contributed by atoms with Crippen LogP contribution in [-0.4, -0.2) is 4.92 Å². The van der Waals surface area contributed by atoms with E-state index in [0.29, 0.717) is 10.0 Å². The van der Waals surface area contributed by atoms with Crippen molar-refractivity contribution in [1.29, 1.82) is 0 Å². The van der Waals surface area contributed by atoms with Crippen molar-refractivity contribution in [1.82, 2.24) is 0 Å². The first-order valence-electron chi connectivity index (χ1n) is 5.59. The van der Waals surface area contributed by atoms with Gasteiger partial charge in [-0.25, -0.2) is 4.39 Å². The fourth-order valence-corrected chi connectivity index (χ4v) is 2.14. The van der Waals surface area contributed by atoms with Crippen molar-refractivity contribution in [2.75, 3.05) is 5.32 Å². The number of benzene rings is 2. The molecule has 0 amide bonds. The zero-order chi connectivity index (χ0) is 14.7. The van der Waals surface area contributed by atoms with Gasteiger partial charge in [-0.15, -0.1) is 0 Å². The Morgan fingerprint density at radius 1 is 1.20 bits per heavy atom. The number of nitro groups is 1. The summed E-state index contributed by atoms with van der Waals surface area (Å²) in [6.45, 7) is 0.266. The molecular weight excluding hydrogens is 306 g/mol. The van der Waals surface area contributed by atoms with Crippen molar-refractivity contribution < 1.29 is 9.31 Å². The lowest BCUT2D eigenvalue weighted by atomic mass is 10.2. The Hall–Kier alpha value is -1.85. The summed E-state index contributed by atoms with van der Waals surface area (Å²) in [7, 11) is 0. The van der Waals surface area contributed by atoms with Gasteiger partial charge in [0, 0.05) is 16.6 Å². The van der Waals surface area contributed by atoms with Crippen LogP contribution in [0.2, 0.25) is 10.0 Å². The number of hydrogen-bond donors (Lipinski definition) is 1. The Morgan fingerprint density at radius 2 is 1.95 bits per heavy atom. The Morgan fingerprint density at radius 3 is 2.60 bits per heavy atom. The number of halogens is 3. The minimum Gasteiger partial charge on any atom is -0.375 e. The van der Waals surface area contributed by atoms with Gasteiger partial charge in [0.1, 0.15) is 11.5 Å². The van der Waals surface area contributed by atoms with Crippen LogP contribution in [0.15, 0.2) is 36.4 Å². The molecule has 2 aromatic rings. The van der Waals surface area contributed by atoms with Gasteiger partial charge in [-0.1, -0.05) is 29.3 Å². The van der Waals surface area contributed by atoms with Crippen molar-refractivity contribution in [3.63, 3.8) is 0 Å². The highest BCUT2D eigenvalue weighted by Crippen LogP contribution is 2.27. The van der Waals surface area contributed by atoms with Crippen molar-refractivity contribution >= 4 is 34.6 Å². The minimum atomic E-state index is -0.660. The van der Waals surface area contributed by atoms with Gasteiger partial charge in [0.2, 0.25) is 0 Å². The highest BCUT2D eigenvalue weighted by molar-refractivity contribution is 6.35. The number of nitro benzene ring substituents is 1. The largest absolute Gasteiger partial charge is 0.375 e. The number of nitrogens with one attached hydrogen (secondary N) is 1. The molecule has 0 unspecified atom stereocenters. The van der Waals surface area contributed by atoms with E-state index in [0.717, 1.165) is 17.7 Å². The molecule has 1 N–H and O–H groups in total. The summed E-state index contributed by atoms with van der Waals surface area (Å²) in [5.41, 5.74) is 0.632. The van der Waals surface area contributed by atoms with E-state index in [9.17, 15) is 14.5 Å². The van der Waals surface area contributed by atoms with Crippen LogP contribution >= 0.6 is 23.2 Å². The number of anilines is 1. The molecule has 0 aliphatic heterocycles. The predicted octanol–water partition coefficient (Wildman–Crippen LogP) is 4.65. The van der Waals surface area contributed by atoms with Gasteiger partial charge in [-0.2, -0.15) is 0 Å². The average Bonchev–Trinajstić information content (AvgIpc) is 2.38. The highest BCUT2D eigenvalue weighted by atomic mass is 35.5. The van der Waals surface area contributed by atoms with Crippen LogP contribution in [0.4, 0.5) is 15.8 Å². The van der Waals surface area contributed by atoms with E-state index in [4.69, 9.17) is 23.2 Å². The molecule has 104 valence electrons. The zero-order valence-corrected chi connectivity index (χ0v) is 11.6. The van der Waals surface area contributed by atoms with E-state index in [1.165, 1.54) is 6.07 Å². The summed E-state index contributed by atoms with van der Waals surface area (Å²) in [4.78, 5) is 10.2. The molecule has 0 aromatic heterocycles.